The second kappa shape index (κ2) is 1.94. The first-order valence-electron chi connectivity index (χ1n) is 3.22. The van der Waals surface area contributed by atoms with E-state index in [1.165, 1.54) is 5.56 Å². The minimum Gasteiger partial charge on any atom is -0.526 e. The van der Waals surface area contributed by atoms with E-state index >= 15 is 0 Å². The second-order valence-electron chi connectivity index (χ2n) is 2.36. The highest BCUT2D eigenvalue weighted by Crippen LogP contribution is 2.31. The van der Waals surface area contributed by atoms with Gasteiger partial charge < -0.3 is 9.31 Å². The Morgan fingerprint density at radius 2 is 2.00 bits per heavy atom. The highest BCUT2D eigenvalue weighted by atomic mass is 16.6. The maximum atomic E-state index is 5.16. The summed E-state index contributed by atoms with van der Waals surface area (Å²) in [4.78, 5) is 0. The number of benzene rings is 1. The fourth-order valence-corrected chi connectivity index (χ4v) is 1.00. The third-order valence-electron chi connectivity index (χ3n) is 1.53. The van der Waals surface area contributed by atoms with Crippen LogP contribution in [0.4, 0.5) is 0 Å². The van der Waals surface area contributed by atoms with Crippen molar-refractivity contribution in [1.29, 1.82) is 0 Å². The van der Waals surface area contributed by atoms with Gasteiger partial charge in [-0.2, -0.15) is 0 Å². The molecule has 0 bridgehead atoms. The fourth-order valence-electron chi connectivity index (χ4n) is 1.00. The molecule has 2 nitrogen and oxygen atoms in total. The summed E-state index contributed by atoms with van der Waals surface area (Å²) in [5.41, 5.74) is 1.20. The van der Waals surface area contributed by atoms with Gasteiger partial charge in [0.25, 0.3) is 0 Å². The molecule has 50 valence electrons. The average molecular weight is 134 g/mol. The largest absolute Gasteiger partial charge is 0.576 e. The van der Waals surface area contributed by atoms with Gasteiger partial charge in [0.15, 0.2) is 0 Å². The van der Waals surface area contributed by atoms with Crippen LogP contribution in [0, 0.1) is 6.92 Å². The Balaban J connectivity index is 2.52. The smallest absolute Gasteiger partial charge is 0.526 e. The lowest BCUT2D eigenvalue weighted by molar-refractivity contribution is 0.541. The summed E-state index contributed by atoms with van der Waals surface area (Å²) in [6, 6.07) is 5.91. The van der Waals surface area contributed by atoms with Crippen LogP contribution in [0.1, 0.15) is 5.56 Å². The first-order valence-corrected chi connectivity index (χ1v) is 3.22. The van der Waals surface area contributed by atoms with Crippen LogP contribution in [0.25, 0.3) is 0 Å². The van der Waals surface area contributed by atoms with Crippen molar-refractivity contribution in [2.24, 2.45) is 0 Å². The van der Waals surface area contributed by atoms with Gasteiger partial charge in [-0.3, -0.25) is 0 Å². The summed E-state index contributed by atoms with van der Waals surface area (Å²) in [6.07, 6.45) is 0. The Labute approximate surface area is 60.1 Å². The van der Waals surface area contributed by atoms with Gasteiger partial charge in [-0.1, -0.05) is 6.07 Å². The molecule has 1 heterocycles. The molecule has 0 aliphatic carbocycles. The van der Waals surface area contributed by atoms with Crippen LogP contribution in [0.2, 0.25) is 0 Å². The molecule has 0 amide bonds. The zero-order valence-corrected chi connectivity index (χ0v) is 5.76. The summed E-state index contributed by atoms with van der Waals surface area (Å²) in [5.74, 6) is 1.71. The SMILES string of the molecule is Cc1ccc2c(c1)OBO2. The molecule has 1 aliphatic rings. The Hall–Kier alpha value is -1.12. The highest BCUT2D eigenvalue weighted by molar-refractivity contribution is 6.22. The normalized spacial score (nSPS) is 12.9. The lowest BCUT2D eigenvalue weighted by atomic mass is 10.2. The first kappa shape index (κ1) is 5.65. The van der Waals surface area contributed by atoms with Crippen molar-refractivity contribution in [3.05, 3.63) is 23.8 Å². The molecule has 10 heavy (non-hydrogen) atoms. The van der Waals surface area contributed by atoms with Crippen LogP contribution in [-0.4, -0.2) is 7.69 Å². The number of fused-ring (bicyclic) bond motifs is 1. The predicted octanol–water partition coefficient (Wildman–Crippen LogP) is 1.03. The Bertz CT molecular complexity index is 260. The summed E-state index contributed by atoms with van der Waals surface area (Å²) >= 11 is 0. The second-order valence-corrected chi connectivity index (χ2v) is 2.36. The van der Waals surface area contributed by atoms with Crippen LogP contribution < -0.4 is 9.31 Å². The van der Waals surface area contributed by atoms with Gasteiger partial charge >= 0.3 is 7.69 Å². The van der Waals surface area contributed by atoms with E-state index in [-0.39, 0.29) is 0 Å². The Morgan fingerprint density at radius 1 is 1.20 bits per heavy atom. The van der Waals surface area contributed by atoms with Gasteiger partial charge in [0, 0.05) is 0 Å². The molecule has 0 saturated heterocycles. The molecule has 3 heteroatoms. The highest BCUT2D eigenvalue weighted by Gasteiger charge is 2.13. The molecule has 0 N–H and O–H groups in total. The van der Waals surface area contributed by atoms with Crippen molar-refractivity contribution in [3.63, 3.8) is 0 Å². The standard InChI is InChI=1S/C7H7BO2/c1-5-2-3-6-7(4-5)10-8-9-6/h2-4,8H,1H3. The molecule has 0 aromatic heterocycles. The quantitative estimate of drug-likeness (QED) is 0.493. The molecule has 0 saturated carbocycles. The van der Waals surface area contributed by atoms with Crippen LogP contribution >= 0.6 is 0 Å². The van der Waals surface area contributed by atoms with Crippen molar-refractivity contribution < 1.29 is 9.31 Å². The van der Waals surface area contributed by atoms with Gasteiger partial charge in [-0.25, -0.2) is 0 Å². The van der Waals surface area contributed by atoms with Crippen molar-refractivity contribution in [2.45, 2.75) is 6.92 Å². The lowest BCUT2D eigenvalue weighted by Crippen LogP contribution is -1.99. The van der Waals surface area contributed by atoms with Crippen molar-refractivity contribution in [3.8, 4) is 11.5 Å². The monoisotopic (exact) mass is 134 g/mol. The van der Waals surface area contributed by atoms with Crippen LogP contribution in [0.15, 0.2) is 18.2 Å². The van der Waals surface area contributed by atoms with Crippen LogP contribution in [0.3, 0.4) is 0 Å². The summed E-state index contributed by atoms with van der Waals surface area (Å²) in [7, 11) is 0.360. The van der Waals surface area contributed by atoms with Crippen LogP contribution in [-0.2, 0) is 0 Å². The van der Waals surface area contributed by atoms with E-state index < -0.39 is 0 Å². The van der Waals surface area contributed by atoms with Crippen molar-refractivity contribution in [2.75, 3.05) is 0 Å². The van der Waals surface area contributed by atoms with E-state index in [1.54, 1.807) is 0 Å². The van der Waals surface area contributed by atoms with Gasteiger partial charge in [0.05, 0.1) is 0 Å². The van der Waals surface area contributed by atoms with Crippen molar-refractivity contribution >= 4 is 7.69 Å². The first-order chi connectivity index (χ1) is 4.86. The van der Waals surface area contributed by atoms with E-state index in [9.17, 15) is 0 Å². The number of hydrogen-bond acceptors (Lipinski definition) is 2. The molecule has 0 spiro atoms. The van der Waals surface area contributed by atoms with E-state index in [0.29, 0.717) is 7.69 Å². The summed E-state index contributed by atoms with van der Waals surface area (Å²) < 4.78 is 10.3. The van der Waals surface area contributed by atoms with Gasteiger partial charge in [-0.05, 0) is 24.6 Å². The number of aryl methyl sites for hydroxylation is 1. The number of rotatable bonds is 0. The third-order valence-corrected chi connectivity index (χ3v) is 1.53. The molecule has 0 unspecified atom stereocenters. The Kier molecular flexibility index (Phi) is 1.10. The van der Waals surface area contributed by atoms with E-state index in [4.69, 9.17) is 9.31 Å². The topological polar surface area (TPSA) is 18.5 Å². The third kappa shape index (κ3) is 0.745. The van der Waals surface area contributed by atoms with E-state index in [0.717, 1.165) is 11.5 Å². The van der Waals surface area contributed by atoms with Gasteiger partial charge in [0.2, 0.25) is 0 Å². The molecule has 0 fully saturated rings. The minimum absolute atomic E-state index is 0.360. The fraction of sp³-hybridized carbons (Fsp3) is 0.143. The zero-order chi connectivity index (χ0) is 6.97. The predicted molar refractivity (Wildman–Crippen MR) is 39.6 cm³/mol. The van der Waals surface area contributed by atoms with Gasteiger partial charge in [0.1, 0.15) is 11.5 Å². The number of hydrogen-bond donors (Lipinski definition) is 0. The molecular weight excluding hydrogens is 127 g/mol. The van der Waals surface area contributed by atoms with E-state index in [1.807, 2.05) is 25.1 Å². The molecular formula is C7H7BO2. The molecule has 1 aromatic carbocycles. The lowest BCUT2D eigenvalue weighted by Gasteiger charge is -1.96. The zero-order valence-electron chi connectivity index (χ0n) is 5.76. The summed E-state index contributed by atoms with van der Waals surface area (Å²) in [6.45, 7) is 2.03. The molecule has 2 rings (SSSR count). The van der Waals surface area contributed by atoms with Crippen molar-refractivity contribution in [1.82, 2.24) is 0 Å². The average Bonchev–Trinajstić information content (AvgIpc) is 2.33. The van der Waals surface area contributed by atoms with Crippen LogP contribution in [0.5, 0.6) is 11.5 Å². The minimum atomic E-state index is 0.360. The summed E-state index contributed by atoms with van der Waals surface area (Å²) in [5, 5.41) is 0. The van der Waals surface area contributed by atoms with E-state index in [2.05, 4.69) is 0 Å². The van der Waals surface area contributed by atoms with Gasteiger partial charge in [-0.15, -0.1) is 0 Å². The maximum absolute atomic E-state index is 5.16. The maximum Gasteiger partial charge on any atom is 0.576 e. The molecule has 0 atom stereocenters. The molecule has 0 radical (unpaired) electrons. The molecule has 1 aromatic rings. The molecule has 1 aliphatic heterocycles. The Morgan fingerprint density at radius 3 is 2.90 bits per heavy atom.